The first-order valence-electron chi connectivity index (χ1n) is 8.40. The highest BCUT2D eigenvalue weighted by atomic mass is 32.1. The summed E-state index contributed by atoms with van der Waals surface area (Å²) >= 11 is 1.58. The van der Waals surface area contributed by atoms with Crippen molar-refractivity contribution in [2.24, 2.45) is 0 Å². The maximum Gasteiger partial charge on any atom is 0.253 e. The Morgan fingerprint density at radius 1 is 1.33 bits per heavy atom. The SMILES string of the molecule is O=C(c1ccc2ncsc2c1)N1CCCC2(CCc3cn[nH]c32)C1. The van der Waals surface area contributed by atoms with E-state index in [-0.39, 0.29) is 11.3 Å². The number of carbonyl (C=O) groups is 1. The van der Waals surface area contributed by atoms with Crippen molar-refractivity contribution < 1.29 is 4.79 Å². The Morgan fingerprint density at radius 2 is 2.29 bits per heavy atom. The van der Waals surface area contributed by atoms with Crippen LogP contribution in [0.5, 0.6) is 0 Å². The van der Waals surface area contributed by atoms with Crippen molar-refractivity contribution in [3.8, 4) is 0 Å². The quantitative estimate of drug-likeness (QED) is 0.741. The van der Waals surface area contributed by atoms with Crippen LogP contribution in [0.25, 0.3) is 10.2 Å². The lowest BCUT2D eigenvalue weighted by Gasteiger charge is -2.40. The van der Waals surface area contributed by atoms with E-state index in [0.29, 0.717) is 0 Å². The number of benzene rings is 1. The highest BCUT2D eigenvalue weighted by molar-refractivity contribution is 7.16. The van der Waals surface area contributed by atoms with E-state index in [1.165, 1.54) is 11.3 Å². The van der Waals surface area contributed by atoms with Crippen LogP contribution in [0, 0.1) is 0 Å². The molecule has 1 aromatic carbocycles. The van der Waals surface area contributed by atoms with Crippen LogP contribution in [0.1, 0.15) is 40.9 Å². The lowest BCUT2D eigenvalue weighted by Crippen LogP contribution is -2.47. The van der Waals surface area contributed by atoms with Crippen molar-refractivity contribution >= 4 is 27.5 Å². The summed E-state index contributed by atoms with van der Waals surface area (Å²) < 4.78 is 1.07. The number of amides is 1. The molecule has 1 aliphatic heterocycles. The minimum atomic E-state index is 0.0777. The first kappa shape index (κ1) is 14.2. The summed E-state index contributed by atoms with van der Waals surface area (Å²) in [5.41, 5.74) is 6.23. The molecule has 3 heterocycles. The molecule has 24 heavy (non-hydrogen) atoms. The molecule has 1 aliphatic carbocycles. The summed E-state index contributed by atoms with van der Waals surface area (Å²) in [6.07, 6.45) is 6.32. The van der Waals surface area contributed by atoms with Crippen LogP contribution in [0.3, 0.4) is 0 Å². The van der Waals surface area contributed by atoms with Crippen LogP contribution >= 0.6 is 11.3 Å². The molecule has 1 spiro atoms. The molecule has 0 radical (unpaired) electrons. The maximum atomic E-state index is 13.0. The van der Waals surface area contributed by atoms with Crippen LogP contribution < -0.4 is 0 Å². The molecule has 1 saturated heterocycles. The number of H-pyrrole nitrogens is 1. The number of carbonyl (C=O) groups excluding carboxylic acids is 1. The second-order valence-corrected chi connectivity index (χ2v) is 7.80. The molecule has 1 unspecified atom stereocenters. The molecule has 0 bridgehead atoms. The van der Waals surface area contributed by atoms with E-state index in [9.17, 15) is 4.79 Å². The molecule has 3 aromatic rings. The lowest BCUT2D eigenvalue weighted by atomic mass is 9.77. The summed E-state index contributed by atoms with van der Waals surface area (Å²) in [6.45, 7) is 1.63. The monoisotopic (exact) mass is 338 g/mol. The zero-order valence-electron chi connectivity index (χ0n) is 13.3. The van der Waals surface area contributed by atoms with Gasteiger partial charge in [-0.3, -0.25) is 9.89 Å². The molecule has 1 amide bonds. The Labute approximate surface area is 143 Å². The number of aromatic nitrogens is 3. The van der Waals surface area contributed by atoms with Crippen LogP contribution in [0.4, 0.5) is 0 Å². The third-order valence-corrected chi connectivity index (χ3v) is 6.36. The van der Waals surface area contributed by atoms with Gasteiger partial charge in [0.1, 0.15) is 0 Å². The molecule has 2 aromatic heterocycles. The molecule has 5 rings (SSSR count). The number of likely N-dealkylation sites (tertiary alicyclic amines) is 1. The van der Waals surface area contributed by atoms with Gasteiger partial charge in [-0.15, -0.1) is 11.3 Å². The van der Waals surface area contributed by atoms with Gasteiger partial charge in [-0.1, -0.05) is 0 Å². The van der Waals surface area contributed by atoms with Crippen molar-refractivity contribution in [3.63, 3.8) is 0 Å². The largest absolute Gasteiger partial charge is 0.338 e. The van der Waals surface area contributed by atoms with E-state index in [1.54, 1.807) is 11.3 Å². The summed E-state index contributed by atoms with van der Waals surface area (Å²) in [4.78, 5) is 19.4. The molecule has 122 valence electrons. The molecule has 1 fully saturated rings. The Morgan fingerprint density at radius 3 is 3.25 bits per heavy atom. The normalized spacial score (nSPS) is 23.1. The summed E-state index contributed by atoms with van der Waals surface area (Å²) in [6, 6.07) is 5.83. The van der Waals surface area contributed by atoms with Gasteiger partial charge < -0.3 is 4.90 Å². The van der Waals surface area contributed by atoms with E-state index >= 15 is 0 Å². The van der Waals surface area contributed by atoms with Crippen molar-refractivity contribution in [3.05, 3.63) is 46.7 Å². The van der Waals surface area contributed by atoms with Gasteiger partial charge in [0.15, 0.2) is 0 Å². The fraction of sp³-hybridized carbons (Fsp3) is 0.389. The zero-order valence-corrected chi connectivity index (χ0v) is 14.1. The third-order valence-electron chi connectivity index (χ3n) is 5.56. The molecule has 1 atom stereocenters. The number of aromatic amines is 1. The Balaban J connectivity index is 1.45. The van der Waals surface area contributed by atoms with Crippen molar-refractivity contribution in [1.82, 2.24) is 20.1 Å². The fourth-order valence-electron chi connectivity index (χ4n) is 4.34. The van der Waals surface area contributed by atoms with Crippen molar-refractivity contribution in [2.75, 3.05) is 13.1 Å². The zero-order chi connectivity index (χ0) is 16.1. The van der Waals surface area contributed by atoms with Crippen LogP contribution in [-0.2, 0) is 11.8 Å². The number of piperidine rings is 1. The van der Waals surface area contributed by atoms with E-state index < -0.39 is 0 Å². The number of hydrogen-bond acceptors (Lipinski definition) is 4. The average molecular weight is 338 g/mol. The summed E-state index contributed by atoms with van der Waals surface area (Å²) in [5, 5.41) is 7.42. The minimum Gasteiger partial charge on any atom is -0.338 e. The Bertz CT molecular complexity index is 930. The number of aryl methyl sites for hydroxylation is 1. The number of nitrogens with one attached hydrogen (secondary N) is 1. The summed E-state index contributed by atoms with van der Waals surface area (Å²) in [5.74, 6) is 0.136. The predicted molar refractivity (Wildman–Crippen MR) is 93.3 cm³/mol. The molecule has 6 heteroatoms. The number of nitrogens with zero attached hydrogens (tertiary/aromatic N) is 3. The molecule has 2 aliphatic rings. The van der Waals surface area contributed by atoms with E-state index in [4.69, 9.17) is 0 Å². The minimum absolute atomic E-state index is 0.0777. The van der Waals surface area contributed by atoms with Crippen molar-refractivity contribution in [1.29, 1.82) is 0 Å². The molecule has 0 saturated carbocycles. The number of fused-ring (bicyclic) bond motifs is 3. The highest BCUT2D eigenvalue weighted by Gasteiger charge is 2.44. The standard InChI is InChI=1S/C18H18N4OS/c23-17(12-2-3-14-15(8-12)24-11-19-14)22-7-1-5-18(10-22)6-4-13-9-20-21-16(13)18/h2-3,8-9,11H,1,4-7,10H2,(H,20,21). The first-order chi connectivity index (χ1) is 11.8. The predicted octanol–water partition coefficient (Wildman–Crippen LogP) is 3.14. The molecular formula is C18H18N4OS. The fourth-order valence-corrected chi connectivity index (χ4v) is 5.06. The summed E-state index contributed by atoms with van der Waals surface area (Å²) in [7, 11) is 0. The van der Waals surface area contributed by atoms with E-state index in [1.807, 2.05) is 34.8 Å². The van der Waals surface area contributed by atoms with Gasteiger partial charge in [-0.05, 0) is 49.4 Å². The number of thiazole rings is 1. The van der Waals surface area contributed by atoms with Crippen LogP contribution in [0.15, 0.2) is 29.9 Å². The van der Waals surface area contributed by atoms with Gasteiger partial charge in [-0.25, -0.2) is 4.98 Å². The Kier molecular flexibility index (Phi) is 3.03. The van der Waals surface area contributed by atoms with E-state index in [0.717, 1.165) is 54.6 Å². The number of rotatable bonds is 1. The van der Waals surface area contributed by atoms with Gasteiger partial charge >= 0.3 is 0 Å². The van der Waals surface area contributed by atoms with Gasteiger partial charge in [0.25, 0.3) is 5.91 Å². The topological polar surface area (TPSA) is 61.9 Å². The first-order valence-corrected chi connectivity index (χ1v) is 9.28. The smallest absolute Gasteiger partial charge is 0.253 e. The van der Waals surface area contributed by atoms with Gasteiger partial charge in [0.05, 0.1) is 21.9 Å². The van der Waals surface area contributed by atoms with Crippen LogP contribution in [-0.4, -0.2) is 39.1 Å². The molecular weight excluding hydrogens is 320 g/mol. The van der Waals surface area contributed by atoms with Gasteiger partial charge in [-0.2, -0.15) is 5.10 Å². The maximum absolute atomic E-state index is 13.0. The molecule has 1 N–H and O–H groups in total. The highest BCUT2D eigenvalue weighted by Crippen LogP contribution is 2.44. The van der Waals surface area contributed by atoms with Gasteiger partial charge in [0, 0.05) is 29.8 Å². The Hall–Kier alpha value is -2.21. The van der Waals surface area contributed by atoms with Gasteiger partial charge in [0.2, 0.25) is 0 Å². The average Bonchev–Trinajstić information content (AvgIpc) is 3.32. The number of hydrogen-bond donors (Lipinski definition) is 1. The van der Waals surface area contributed by atoms with Crippen LogP contribution in [0.2, 0.25) is 0 Å². The molecule has 5 nitrogen and oxygen atoms in total. The second-order valence-electron chi connectivity index (χ2n) is 6.92. The lowest BCUT2D eigenvalue weighted by molar-refractivity contribution is 0.0633. The van der Waals surface area contributed by atoms with E-state index in [2.05, 4.69) is 15.2 Å². The van der Waals surface area contributed by atoms with Crippen molar-refractivity contribution in [2.45, 2.75) is 31.1 Å². The second kappa shape index (κ2) is 5.14. The third kappa shape index (κ3) is 2.02.